The Morgan fingerprint density at radius 3 is 2.88 bits per heavy atom. The molecule has 1 fully saturated rings. The van der Waals surface area contributed by atoms with Crippen LogP contribution in [-0.2, 0) is 4.74 Å². The van der Waals surface area contributed by atoms with E-state index in [2.05, 4.69) is 22.4 Å². The summed E-state index contributed by atoms with van der Waals surface area (Å²) in [4.78, 5) is 0. The molecule has 16 heavy (non-hydrogen) atoms. The summed E-state index contributed by atoms with van der Waals surface area (Å²) in [5, 5.41) is 11.4. The van der Waals surface area contributed by atoms with E-state index in [-0.39, 0.29) is 0 Å². The molecule has 0 saturated carbocycles. The monoisotopic (exact) mass is 221 g/mol. The zero-order valence-electron chi connectivity index (χ0n) is 9.99. The minimum atomic E-state index is 0.323. The van der Waals surface area contributed by atoms with Gasteiger partial charge in [-0.3, -0.25) is 0 Å². The Balaban J connectivity index is 1.91. The molecule has 2 heterocycles. The molecule has 0 aromatic carbocycles. The third-order valence-corrected chi connectivity index (χ3v) is 3.19. The number of aromatic nitrogens is 2. The average molecular weight is 221 g/mol. The first kappa shape index (κ1) is 11.3. The second-order valence-corrected chi connectivity index (χ2v) is 4.89. The van der Waals surface area contributed by atoms with Crippen molar-refractivity contribution in [2.45, 2.75) is 26.7 Å². The first-order valence-corrected chi connectivity index (χ1v) is 5.79. The Bertz CT molecular complexity index is 348. The van der Waals surface area contributed by atoms with Gasteiger partial charge in [-0.15, -0.1) is 5.10 Å². The van der Waals surface area contributed by atoms with E-state index >= 15 is 0 Å². The maximum Gasteiger partial charge on any atom is 0.148 e. The summed E-state index contributed by atoms with van der Waals surface area (Å²) in [6.07, 6.45) is 3.99. The van der Waals surface area contributed by atoms with Gasteiger partial charge in [0.2, 0.25) is 0 Å². The SMILES string of the molecule is Cc1cnnc(NCC2(C)CCOCC2)c1. The van der Waals surface area contributed by atoms with Gasteiger partial charge in [0.1, 0.15) is 5.82 Å². The maximum atomic E-state index is 5.38. The highest BCUT2D eigenvalue weighted by Crippen LogP contribution is 2.29. The van der Waals surface area contributed by atoms with Crippen LogP contribution in [0.1, 0.15) is 25.3 Å². The number of anilines is 1. The van der Waals surface area contributed by atoms with Gasteiger partial charge in [-0.25, -0.2) is 0 Å². The molecule has 2 rings (SSSR count). The third-order valence-electron chi connectivity index (χ3n) is 3.19. The van der Waals surface area contributed by atoms with Crippen LogP contribution >= 0.6 is 0 Å². The van der Waals surface area contributed by atoms with Gasteiger partial charge in [-0.1, -0.05) is 6.92 Å². The largest absolute Gasteiger partial charge is 0.381 e. The molecule has 0 unspecified atom stereocenters. The van der Waals surface area contributed by atoms with Gasteiger partial charge >= 0.3 is 0 Å². The molecular weight excluding hydrogens is 202 g/mol. The van der Waals surface area contributed by atoms with E-state index in [1.54, 1.807) is 6.20 Å². The Morgan fingerprint density at radius 1 is 1.44 bits per heavy atom. The summed E-state index contributed by atoms with van der Waals surface area (Å²) < 4.78 is 5.38. The lowest BCUT2D eigenvalue weighted by atomic mass is 9.82. The van der Waals surface area contributed by atoms with Crippen molar-refractivity contribution >= 4 is 5.82 Å². The number of aryl methyl sites for hydroxylation is 1. The molecule has 1 aromatic rings. The number of rotatable bonds is 3. The normalized spacial score (nSPS) is 19.4. The average Bonchev–Trinajstić information content (AvgIpc) is 2.28. The van der Waals surface area contributed by atoms with Gasteiger partial charge in [0.15, 0.2) is 0 Å². The van der Waals surface area contributed by atoms with Crippen LogP contribution in [0.2, 0.25) is 0 Å². The van der Waals surface area contributed by atoms with Crippen LogP contribution in [0.3, 0.4) is 0 Å². The molecule has 4 heteroatoms. The molecule has 1 aliphatic heterocycles. The number of nitrogens with one attached hydrogen (secondary N) is 1. The molecule has 0 aliphatic carbocycles. The summed E-state index contributed by atoms with van der Waals surface area (Å²) in [5.41, 5.74) is 1.46. The molecule has 4 nitrogen and oxygen atoms in total. The van der Waals surface area contributed by atoms with Crippen molar-refractivity contribution in [2.75, 3.05) is 25.1 Å². The fraction of sp³-hybridized carbons (Fsp3) is 0.667. The van der Waals surface area contributed by atoms with E-state index in [1.165, 1.54) is 0 Å². The van der Waals surface area contributed by atoms with E-state index in [4.69, 9.17) is 4.74 Å². The van der Waals surface area contributed by atoms with Gasteiger partial charge < -0.3 is 10.1 Å². The lowest BCUT2D eigenvalue weighted by Crippen LogP contribution is -2.33. The van der Waals surface area contributed by atoms with E-state index in [9.17, 15) is 0 Å². The van der Waals surface area contributed by atoms with Crippen molar-refractivity contribution < 1.29 is 4.74 Å². The molecule has 0 radical (unpaired) electrons. The number of hydrogen-bond acceptors (Lipinski definition) is 4. The Kier molecular flexibility index (Phi) is 3.39. The van der Waals surface area contributed by atoms with E-state index in [1.807, 2.05) is 13.0 Å². The number of hydrogen-bond donors (Lipinski definition) is 1. The fourth-order valence-corrected chi connectivity index (χ4v) is 1.90. The quantitative estimate of drug-likeness (QED) is 0.848. The summed E-state index contributed by atoms with van der Waals surface area (Å²) >= 11 is 0. The lowest BCUT2D eigenvalue weighted by Gasteiger charge is -2.33. The molecule has 1 aliphatic rings. The van der Waals surface area contributed by atoms with Crippen molar-refractivity contribution in [3.05, 3.63) is 17.8 Å². The van der Waals surface area contributed by atoms with Crippen molar-refractivity contribution in [1.82, 2.24) is 10.2 Å². The minimum absolute atomic E-state index is 0.323. The Morgan fingerprint density at radius 2 is 2.19 bits per heavy atom. The molecule has 0 bridgehead atoms. The zero-order chi connectivity index (χ0) is 11.4. The first-order chi connectivity index (χ1) is 7.68. The molecule has 0 spiro atoms. The third kappa shape index (κ3) is 2.92. The van der Waals surface area contributed by atoms with Crippen LogP contribution in [0, 0.1) is 12.3 Å². The highest BCUT2D eigenvalue weighted by Gasteiger charge is 2.27. The molecule has 0 amide bonds. The van der Waals surface area contributed by atoms with Gasteiger partial charge in [0, 0.05) is 19.8 Å². The summed E-state index contributed by atoms with van der Waals surface area (Å²) in [6, 6.07) is 2.02. The van der Waals surface area contributed by atoms with Crippen LogP contribution in [0.15, 0.2) is 12.3 Å². The lowest BCUT2D eigenvalue weighted by molar-refractivity contribution is 0.0299. The van der Waals surface area contributed by atoms with Crippen LogP contribution in [0.5, 0.6) is 0 Å². The predicted molar refractivity (Wildman–Crippen MR) is 63.4 cm³/mol. The highest BCUT2D eigenvalue weighted by molar-refractivity contribution is 5.35. The molecule has 1 saturated heterocycles. The standard InChI is InChI=1S/C12H19N3O/c1-10-7-11(15-14-8-10)13-9-12(2)3-5-16-6-4-12/h7-8H,3-6,9H2,1-2H3,(H,13,15). The maximum absolute atomic E-state index is 5.38. The molecular formula is C12H19N3O. The van der Waals surface area contributed by atoms with Crippen molar-refractivity contribution in [3.8, 4) is 0 Å². The molecule has 0 atom stereocenters. The number of nitrogens with zero attached hydrogens (tertiary/aromatic N) is 2. The smallest absolute Gasteiger partial charge is 0.148 e. The Labute approximate surface area is 96.4 Å². The van der Waals surface area contributed by atoms with Crippen LogP contribution in [-0.4, -0.2) is 30.0 Å². The van der Waals surface area contributed by atoms with Gasteiger partial charge in [0.05, 0.1) is 6.20 Å². The molecule has 1 aromatic heterocycles. The molecule has 88 valence electrons. The second kappa shape index (κ2) is 4.78. The van der Waals surface area contributed by atoms with Crippen LogP contribution < -0.4 is 5.32 Å². The Hall–Kier alpha value is -1.16. The van der Waals surface area contributed by atoms with Crippen molar-refractivity contribution in [2.24, 2.45) is 5.41 Å². The topological polar surface area (TPSA) is 47.0 Å². The zero-order valence-corrected chi connectivity index (χ0v) is 9.99. The van der Waals surface area contributed by atoms with Crippen LogP contribution in [0.25, 0.3) is 0 Å². The van der Waals surface area contributed by atoms with Crippen molar-refractivity contribution in [1.29, 1.82) is 0 Å². The van der Waals surface area contributed by atoms with E-state index in [0.717, 1.165) is 44.0 Å². The summed E-state index contributed by atoms with van der Waals surface area (Å²) in [5.74, 6) is 0.868. The second-order valence-electron chi connectivity index (χ2n) is 4.89. The van der Waals surface area contributed by atoms with E-state index < -0.39 is 0 Å². The molecule has 1 N–H and O–H groups in total. The predicted octanol–water partition coefficient (Wildman–Crippen LogP) is 2.01. The van der Waals surface area contributed by atoms with Crippen LogP contribution in [0.4, 0.5) is 5.82 Å². The first-order valence-electron chi connectivity index (χ1n) is 5.79. The highest BCUT2D eigenvalue weighted by atomic mass is 16.5. The number of ether oxygens (including phenoxy) is 1. The van der Waals surface area contributed by atoms with Crippen molar-refractivity contribution in [3.63, 3.8) is 0 Å². The fourth-order valence-electron chi connectivity index (χ4n) is 1.90. The van der Waals surface area contributed by atoms with E-state index in [0.29, 0.717) is 5.41 Å². The van der Waals surface area contributed by atoms with Gasteiger partial charge in [-0.2, -0.15) is 5.10 Å². The minimum Gasteiger partial charge on any atom is -0.381 e. The van der Waals surface area contributed by atoms with Gasteiger partial charge in [0.25, 0.3) is 0 Å². The summed E-state index contributed by atoms with van der Waals surface area (Å²) in [7, 11) is 0. The van der Waals surface area contributed by atoms with Gasteiger partial charge in [-0.05, 0) is 36.8 Å². The summed E-state index contributed by atoms with van der Waals surface area (Å²) in [6.45, 7) is 7.01.